The SMILES string of the molecule is CCOC(=O)NC(=O)CN(CCOC)CCC(=O)OC. The molecule has 0 aliphatic rings. The average Bonchev–Trinajstić information content (AvgIpc) is 2.41. The van der Waals surface area contributed by atoms with Crippen molar-refractivity contribution < 1.29 is 28.6 Å². The van der Waals surface area contributed by atoms with E-state index in [-0.39, 0.29) is 25.5 Å². The smallest absolute Gasteiger partial charge is 0.413 e. The summed E-state index contributed by atoms with van der Waals surface area (Å²) in [5.74, 6) is -0.859. The van der Waals surface area contributed by atoms with Gasteiger partial charge in [-0.15, -0.1) is 0 Å². The van der Waals surface area contributed by atoms with Crippen molar-refractivity contribution in [1.29, 1.82) is 0 Å². The minimum absolute atomic E-state index is 0.0286. The molecule has 0 aliphatic heterocycles. The van der Waals surface area contributed by atoms with Crippen molar-refractivity contribution >= 4 is 18.0 Å². The van der Waals surface area contributed by atoms with Crippen LogP contribution in [-0.2, 0) is 23.8 Å². The van der Waals surface area contributed by atoms with Crippen molar-refractivity contribution in [3.63, 3.8) is 0 Å². The zero-order chi connectivity index (χ0) is 15.4. The van der Waals surface area contributed by atoms with Crippen LogP contribution in [0.25, 0.3) is 0 Å². The van der Waals surface area contributed by atoms with Crippen LogP contribution in [0.3, 0.4) is 0 Å². The van der Waals surface area contributed by atoms with Gasteiger partial charge in [0.15, 0.2) is 0 Å². The van der Waals surface area contributed by atoms with E-state index < -0.39 is 12.0 Å². The molecule has 0 bridgehead atoms. The zero-order valence-corrected chi connectivity index (χ0v) is 12.1. The Morgan fingerprint density at radius 3 is 2.40 bits per heavy atom. The van der Waals surface area contributed by atoms with Gasteiger partial charge in [0.05, 0.1) is 33.3 Å². The molecule has 116 valence electrons. The topological polar surface area (TPSA) is 94.2 Å². The molecule has 2 amide bonds. The minimum atomic E-state index is -0.780. The molecule has 0 aromatic carbocycles. The van der Waals surface area contributed by atoms with E-state index in [0.29, 0.717) is 19.7 Å². The van der Waals surface area contributed by atoms with Crippen LogP contribution in [0.5, 0.6) is 0 Å². The second-order valence-corrected chi connectivity index (χ2v) is 3.86. The molecular formula is C12H22N2O6. The number of carbonyl (C=O) groups excluding carboxylic acids is 3. The lowest BCUT2D eigenvalue weighted by atomic mass is 10.3. The van der Waals surface area contributed by atoms with Gasteiger partial charge >= 0.3 is 12.1 Å². The first kappa shape index (κ1) is 18.3. The van der Waals surface area contributed by atoms with Crippen LogP contribution in [0.2, 0.25) is 0 Å². The Kier molecular flexibility index (Phi) is 10.2. The van der Waals surface area contributed by atoms with E-state index in [0.717, 1.165) is 0 Å². The molecule has 0 aromatic rings. The standard InChI is InChI=1S/C12H22N2O6/c1-4-20-12(17)13-10(15)9-14(7-8-18-2)6-5-11(16)19-3/h4-9H2,1-3H3,(H,13,15,17). The highest BCUT2D eigenvalue weighted by Gasteiger charge is 2.15. The Morgan fingerprint density at radius 2 is 1.85 bits per heavy atom. The van der Waals surface area contributed by atoms with Gasteiger partial charge in [-0.2, -0.15) is 0 Å². The molecule has 0 saturated heterocycles. The summed E-state index contributed by atoms with van der Waals surface area (Å²) in [5.41, 5.74) is 0. The maximum atomic E-state index is 11.6. The number of hydrogen-bond donors (Lipinski definition) is 1. The molecule has 0 atom stereocenters. The van der Waals surface area contributed by atoms with E-state index in [1.54, 1.807) is 11.8 Å². The second kappa shape index (κ2) is 11.2. The summed E-state index contributed by atoms with van der Waals surface area (Å²) in [6.45, 7) is 3.02. The van der Waals surface area contributed by atoms with Crippen LogP contribution in [-0.4, -0.2) is 69.9 Å². The largest absolute Gasteiger partial charge is 0.469 e. The van der Waals surface area contributed by atoms with Crippen molar-refractivity contribution in [1.82, 2.24) is 10.2 Å². The molecule has 8 heteroatoms. The molecular weight excluding hydrogens is 268 g/mol. The van der Waals surface area contributed by atoms with Crippen molar-refractivity contribution in [2.24, 2.45) is 0 Å². The van der Waals surface area contributed by atoms with Crippen molar-refractivity contribution in [2.75, 3.05) is 47.1 Å². The number of nitrogens with zero attached hydrogens (tertiary/aromatic N) is 1. The normalized spacial score (nSPS) is 10.2. The lowest BCUT2D eigenvalue weighted by Gasteiger charge is -2.20. The maximum Gasteiger partial charge on any atom is 0.413 e. The number of rotatable bonds is 9. The molecule has 1 N–H and O–H groups in total. The van der Waals surface area contributed by atoms with Crippen molar-refractivity contribution in [3.8, 4) is 0 Å². The highest BCUT2D eigenvalue weighted by Crippen LogP contribution is 1.94. The molecule has 0 fully saturated rings. The number of ether oxygens (including phenoxy) is 3. The quantitative estimate of drug-likeness (QED) is 0.586. The van der Waals surface area contributed by atoms with Gasteiger partial charge in [-0.05, 0) is 6.92 Å². The minimum Gasteiger partial charge on any atom is -0.469 e. The van der Waals surface area contributed by atoms with Gasteiger partial charge in [0.2, 0.25) is 5.91 Å². The van der Waals surface area contributed by atoms with Crippen LogP contribution < -0.4 is 5.32 Å². The second-order valence-electron chi connectivity index (χ2n) is 3.86. The van der Waals surface area contributed by atoms with Crippen LogP contribution in [0.1, 0.15) is 13.3 Å². The van der Waals surface area contributed by atoms with Crippen molar-refractivity contribution in [3.05, 3.63) is 0 Å². The van der Waals surface area contributed by atoms with E-state index in [4.69, 9.17) is 4.74 Å². The van der Waals surface area contributed by atoms with Crippen molar-refractivity contribution in [2.45, 2.75) is 13.3 Å². The highest BCUT2D eigenvalue weighted by atomic mass is 16.5. The Morgan fingerprint density at radius 1 is 1.15 bits per heavy atom. The Hall–Kier alpha value is -1.67. The predicted octanol–water partition coefficient (Wildman–Crippen LogP) is -0.229. The first-order chi connectivity index (χ1) is 9.53. The number of methoxy groups -OCH3 is 2. The van der Waals surface area contributed by atoms with E-state index in [9.17, 15) is 14.4 Å². The number of hydrogen-bond acceptors (Lipinski definition) is 7. The number of alkyl carbamates (subject to hydrolysis) is 1. The lowest BCUT2D eigenvalue weighted by Crippen LogP contribution is -2.42. The summed E-state index contributed by atoms with van der Waals surface area (Å²) >= 11 is 0. The molecule has 0 heterocycles. The summed E-state index contributed by atoms with van der Waals surface area (Å²) in [7, 11) is 2.84. The Balaban J connectivity index is 4.21. The van der Waals surface area contributed by atoms with Gasteiger partial charge < -0.3 is 14.2 Å². The van der Waals surface area contributed by atoms with E-state index in [2.05, 4.69) is 14.8 Å². The molecule has 0 radical (unpaired) electrons. The zero-order valence-electron chi connectivity index (χ0n) is 12.1. The monoisotopic (exact) mass is 290 g/mol. The molecule has 0 aromatic heterocycles. The third-order valence-electron chi connectivity index (χ3n) is 2.36. The van der Waals surface area contributed by atoms with Gasteiger partial charge in [-0.3, -0.25) is 19.8 Å². The van der Waals surface area contributed by atoms with E-state index in [1.807, 2.05) is 0 Å². The Labute approximate surface area is 118 Å². The third-order valence-corrected chi connectivity index (χ3v) is 2.36. The summed E-state index contributed by atoms with van der Waals surface area (Å²) in [4.78, 5) is 35.5. The fourth-order valence-corrected chi connectivity index (χ4v) is 1.37. The number of esters is 1. The predicted molar refractivity (Wildman–Crippen MR) is 70.1 cm³/mol. The van der Waals surface area contributed by atoms with Crippen LogP contribution in [0.15, 0.2) is 0 Å². The maximum absolute atomic E-state index is 11.6. The van der Waals surface area contributed by atoms with E-state index >= 15 is 0 Å². The summed E-state index contributed by atoms with van der Waals surface area (Å²) in [6.07, 6.45) is -0.621. The highest BCUT2D eigenvalue weighted by molar-refractivity contribution is 5.92. The molecule has 0 unspecified atom stereocenters. The van der Waals surface area contributed by atoms with Crippen LogP contribution in [0, 0.1) is 0 Å². The van der Waals surface area contributed by atoms with Gasteiger partial charge in [0.25, 0.3) is 0 Å². The fourth-order valence-electron chi connectivity index (χ4n) is 1.37. The number of amides is 2. The number of nitrogens with one attached hydrogen (secondary N) is 1. The molecule has 8 nitrogen and oxygen atoms in total. The summed E-state index contributed by atoms with van der Waals surface area (Å²) in [5, 5.41) is 2.09. The van der Waals surface area contributed by atoms with E-state index in [1.165, 1.54) is 14.2 Å². The lowest BCUT2D eigenvalue weighted by molar-refractivity contribution is -0.141. The average molecular weight is 290 g/mol. The molecule has 20 heavy (non-hydrogen) atoms. The Bertz CT molecular complexity index is 321. The van der Waals surface area contributed by atoms with Gasteiger partial charge in [-0.25, -0.2) is 4.79 Å². The summed E-state index contributed by atoms with van der Waals surface area (Å²) in [6, 6.07) is 0. The van der Waals surface area contributed by atoms with Gasteiger partial charge in [0, 0.05) is 20.2 Å². The molecule has 0 saturated carbocycles. The first-order valence-electron chi connectivity index (χ1n) is 6.28. The molecule has 0 rings (SSSR count). The first-order valence-corrected chi connectivity index (χ1v) is 6.28. The van der Waals surface area contributed by atoms with Crippen LogP contribution >= 0.6 is 0 Å². The van der Waals surface area contributed by atoms with Gasteiger partial charge in [-0.1, -0.05) is 0 Å². The fraction of sp³-hybridized carbons (Fsp3) is 0.750. The number of carbonyl (C=O) groups is 3. The molecule has 0 aliphatic carbocycles. The van der Waals surface area contributed by atoms with Crippen LogP contribution in [0.4, 0.5) is 4.79 Å². The number of imide groups is 1. The summed E-state index contributed by atoms with van der Waals surface area (Å²) < 4.78 is 14.1. The van der Waals surface area contributed by atoms with Gasteiger partial charge in [0.1, 0.15) is 0 Å². The molecule has 0 spiro atoms. The third kappa shape index (κ3) is 9.29.